The topological polar surface area (TPSA) is 75.7 Å². The van der Waals surface area contributed by atoms with Crippen molar-refractivity contribution in [2.24, 2.45) is 0 Å². The minimum Gasteiger partial charge on any atom is -0.489 e. The van der Waals surface area contributed by atoms with Gasteiger partial charge in [-0.25, -0.2) is 8.42 Å². The van der Waals surface area contributed by atoms with E-state index in [9.17, 15) is 13.2 Å². The Morgan fingerprint density at radius 2 is 1.73 bits per heavy atom. The van der Waals surface area contributed by atoms with Gasteiger partial charge in [0.15, 0.2) is 0 Å². The van der Waals surface area contributed by atoms with E-state index in [0.717, 1.165) is 0 Å². The molecule has 7 heteroatoms. The van der Waals surface area contributed by atoms with Crippen LogP contribution in [0.2, 0.25) is 0 Å². The Hall–Kier alpha value is -3.58. The third-order valence-electron chi connectivity index (χ3n) is 4.35. The molecule has 0 saturated carbocycles. The van der Waals surface area contributed by atoms with Crippen molar-refractivity contribution in [2.45, 2.75) is 4.90 Å². The molecule has 3 rings (SSSR count). The summed E-state index contributed by atoms with van der Waals surface area (Å²) < 4.78 is 32.3. The van der Waals surface area contributed by atoms with Crippen molar-refractivity contribution >= 4 is 27.3 Å². The summed E-state index contributed by atoms with van der Waals surface area (Å²) in [5.41, 5.74) is 1.47. The second-order valence-electron chi connectivity index (χ2n) is 6.41. The van der Waals surface area contributed by atoms with Crippen molar-refractivity contribution in [1.82, 2.24) is 0 Å². The predicted molar refractivity (Wildman–Crippen MR) is 119 cm³/mol. The summed E-state index contributed by atoms with van der Waals surface area (Å²) in [4.78, 5) is 12.6. The zero-order valence-electron chi connectivity index (χ0n) is 16.5. The molecule has 154 valence electrons. The molecule has 0 aliphatic heterocycles. The lowest BCUT2D eigenvalue weighted by molar-refractivity contribution is 0.102. The van der Waals surface area contributed by atoms with Gasteiger partial charge in [0.25, 0.3) is 15.9 Å². The van der Waals surface area contributed by atoms with Crippen LogP contribution in [0.3, 0.4) is 0 Å². The molecule has 0 aliphatic carbocycles. The minimum atomic E-state index is -3.73. The van der Waals surface area contributed by atoms with E-state index in [4.69, 9.17) is 4.74 Å². The minimum absolute atomic E-state index is 0.102. The lowest BCUT2D eigenvalue weighted by Crippen LogP contribution is -2.26. The van der Waals surface area contributed by atoms with Gasteiger partial charge in [-0.2, -0.15) is 0 Å². The highest BCUT2D eigenvalue weighted by Gasteiger charge is 2.21. The van der Waals surface area contributed by atoms with Gasteiger partial charge in [-0.15, -0.1) is 0 Å². The molecule has 0 radical (unpaired) electrons. The van der Waals surface area contributed by atoms with E-state index < -0.39 is 10.0 Å². The van der Waals surface area contributed by atoms with Crippen molar-refractivity contribution in [2.75, 3.05) is 23.3 Å². The van der Waals surface area contributed by atoms with Crippen molar-refractivity contribution < 1.29 is 17.9 Å². The normalized spacial score (nSPS) is 10.8. The summed E-state index contributed by atoms with van der Waals surface area (Å²) in [6.07, 6.45) is 1.64. The second-order valence-corrected chi connectivity index (χ2v) is 8.38. The average molecular weight is 423 g/mol. The molecule has 0 spiro atoms. The number of ether oxygens (including phenoxy) is 1. The van der Waals surface area contributed by atoms with Crippen LogP contribution in [0.15, 0.2) is 96.4 Å². The fourth-order valence-electron chi connectivity index (χ4n) is 2.74. The first-order valence-corrected chi connectivity index (χ1v) is 10.6. The first-order valence-electron chi connectivity index (χ1n) is 9.21. The van der Waals surface area contributed by atoms with Crippen LogP contribution in [0.1, 0.15) is 10.4 Å². The van der Waals surface area contributed by atoms with Crippen LogP contribution in [0.5, 0.6) is 5.75 Å². The maximum atomic E-state index is 12.8. The van der Waals surface area contributed by atoms with Gasteiger partial charge in [-0.05, 0) is 48.5 Å². The lowest BCUT2D eigenvalue weighted by Gasteiger charge is -2.19. The summed E-state index contributed by atoms with van der Waals surface area (Å²) >= 11 is 0. The first-order chi connectivity index (χ1) is 14.4. The number of nitrogens with one attached hydrogen (secondary N) is 1. The fraction of sp³-hybridized carbons (Fsp3) is 0.0870. The molecule has 0 aliphatic rings. The Morgan fingerprint density at radius 1 is 1.03 bits per heavy atom. The van der Waals surface area contributed by atoms with Crippen LogP contribution in [0, 0.1) is 0 Å². The van der Waals surface area contributed by atoms with E-state index in [-0.39, 0.29) is 10.8 Å². The molecule has 0 bridgehead atoms. The molecule has 3 aromatic rings. The largest absolute Gasteiger partial charge is 0.489 e. The van der Waals surface area contributed by atoms with Gasteiger partial charge < -0.3 is 10.1 Å². The van der Waals surface area contributed by atoms with E-state index in [1.165, 1.54) is 35.6 Å². The van der Waals surface area contributed by atoms with Gasteiger partial charge in [-0.1, -0.05) is 36.9 Å². The van der Waals surface area contributed by atoms with E-state index in [0.29, 0.717) is 29.3 Å². The van der Waals surface area contributed by atoms with E-state index in [2.05, 4.69) is 11.9 Å². The number of rotatable bonds is 8. The summed E-state index contributed by atoms with van der Waals surface area (Å²) in [5.74, 6) is 0.259. The highest BCUT2D eigenvalue weighted by molar-refractivity contribution is 7.92. The van der Waals surface area contributed by atoms with Gasteiger partial charge in [0.1, 0.15) is 12.4 Å². The predicted octanol–water partition coefficient (Wildman–Crippen LogP) is 4.33. The quantitative estimate of drug-likeness (QED) is 0.548. The number of hydrogen-bond acceptors (Lipinski definition) is 4. The van der Waals surface area contributed by atoms with Crippen LogP contribution in [0.25, 0.3) is 0 Å². The molecule has 0 heterocycles. The van der Waals surface area contributed by atoms with Gasteiger partial charge in [-0.3, -0.25) is 9.10 Å². The van der Waals surface area contributed by atoms with Crippen LogP contribution in [-0.2, 0) is 10.0 Å². The molecule has 0 aromatic heterocycles. The summed E-state index contributed by atoms with van der Waals surface area (Å²) in [7, 11) is -2.24. The van der Waals surface area contributed by atoms with Crippen LogP contribution >= 0.6 is 0 Å². The van der Waals surface area contributed by atoms with Crippen LogP contribution in [0.4, 0.5) is 11.4 Å². The maximum absolute atomic E-state index is 12.8. The molecular formula is C23H22N2O4S. The Labute approximate surface area is 176 Å². The Kier molecular flexibility index (Phi) is 6.54. The van der Waals surface area contributed by atoms with Crippen LogP contribution < -0.4 is 14.4 Å². The smallest absolute Gasteiger partial charge is 0.264 e. The Balaban J connectivity index is 1.73. The Morgan fingerprint density at radius 3 is 2.40 bits per heavy atom. The number of anilines is 2. The van der Waals surface area contributed by atoms with Gasteiger partial charge >= 0.3 is 0 Å². The molecule has 1 amide bonds. The number of carbonyl (C=O) groups is 1. The third kappa shape index (κ3) is 4.87. The number of para-hydroxylation sites is 1. The van der Waals surface area contributed by atoms with Crippen LogP contribution in [-0.4, -0.2) is 28.0 Å². The standard InChI is InChI=1S/C23H22N2O4S/c1-3-16-29-21-11-7-8-19(17-21)24-23(26)18-12-14-22(15-13-18)30(27,28)25(2)20-9-5-4-6-10-20/h3-15,17H,1,16H2,2H3,(H,24,26). The number of carbonyl (C=O) groups excluding carboxylic acids is 1. The van der Waals surface area contributed by atoms with Gasteiger partial charge in [0.05, 0.1) is 10.6 Å². The number of sulfonamides is 1. The molecule has 0 atom stereocenters. The second kappa shape index (κ2) is 9.28. The molecule has 1 N–H and O–H groups in total. The van der Waals surface area contributed by atoms with Crippen molar-refractivity contribution in [3.05, 3.63) is 97.1 Å². The fourth-order valence-corrected chi connectivity index (χ4v) is 3.93. The van der Waals surface area contributed by atoms with Crippen molar-refractivity contribution in [3.63, 3.8) is 0 Å². The summed E-state index contributed by atoms with van der Waals surface area (Å²) in [6.45, 7) is 3.96. The highest BCUT2D eigenvalue weighted by atomic mass is 32.2. The zero-order chi connectivity index (χ0) is 21.6. The first kappa shape index (κ1) is 21.1. The van der Waals surface area contributed by atoms with Crippen molar-refractivity contribution in [3.8, 4) is 5.75 Å². The molecule has 30 heavy (non-hydrogen) atoms. The molecule has 0 unspecified atom stereocenters. The average Bonchev–Trinajstić information content (AvgIpc) is 2.78. The number of nitrogens with zero attached hydrogens (tertiary/aromatic N) is 1. The van der Waals surface area contributed by atoms with E-state index >= 15 is 0 Å². The molecule has 3 aromatic carbocycles. The molecule has 6 nitrogen and oxygen atoms in total. The van der Waals surface area contributed by atoms with Gasteiger partial charge in [0.2, 0.25) is 0 Å². The number of amides is 1. The highest BCUT2D eigenvalue weighted by Crippen LogP contribution is 2.22. The third-order valence-corrected chi connectivity index (χ3v) is 6.15. The summed E-state index contributed by atoms with van der Waals surface area (Å²) in [6, 6.07) is 21.6. The summed E-state index contributed by atoms with van der Waals surface area (Å²) in [5, 5.41) is 2.78. The monoisotopic (exact) mass is 422 g/mol. The molecule has 0 fully saturated rings. The number of hydrogen-bond donors (Lipinski definition) is 1. The van der Waals surface area contributed by atoms with E-state index in [1.807, 2.05) is 6.07 Å². The molecular weight excluding hydrogens is 400 g/mol. The van der Waals surface area contributed by atoms with E-state index in [1.54, 1.807) is 54.6 Å². The Bertz CT molecular complexity index is 1130. The lowest BCUT2D eigenvalue weighted by atomic mass is 10.2. The number of benzene rings is 3. The van der Waals surface area contributed by atoms with Gasteiger partial charge in [0, 0.05) is 24.4 Å². The SMILES string of the molecule is C=CCOc1cccc(NC(=O)c2ccc(S(=O)(=O)N(C)c3ccccc3)cc2)c1. The zero-order valence-corrected chi connectivity index (χ0v) is 17.3. The van der Waals surface area contributed by atoms with Crippen molar-refractivity contribution in [1.29, 1.82) is 0 Å². The molecule has 0 saturated heterocycles. The maximum Gasteiger partial charge on any atom is 0.264 e.